The third-order valence-corrected chi connectivity index (χ3v) is 4.70. The highest BCUT2D eigenvalue weighted by Crippen LogP contribution is 2.21. The summed E-state index contributed by atoms with van der Waals surface area (Å²) in [5.41, 5.74) is 0. The van der Waals surface area contributed by atoms with Crippen LogP contribution in [-0.2, 0) is 14.3 Å². The van der Waals surface area contributed by atoms with Crippen LogP contribution in [0.4, 0.5) is 0 Å². The van der Waals surface area contributed by atoms with Crippen molar-refractivity contribution < 1.29 is 14.3 Å². The normalized spacial score (nSPS) is 33.0. The number of likely N-dealkylation sites (tertiary alicyclic amines) is 1. The average molecular weight is 282 g/mol. The Bertz CT molecular complexity index is 372. The fourth-order valence-electron chi connectivity index (χ4n) is 3.26. The van der Waals surface area contributed by atoms with Crippen LogP contribution in [0.5, 0.6) is 0 Å². The van der Waals surface area contributed by atoms with Gasteiger partial charge in [0.15, 0.2) is 5.78 Å². The molecule has 2 heterocycles. The van der Waals surface area contributed by atoms with Crippen LogP contribution in [0.2, 0.25) is 0 Å². The summed E-state index contributed by atoms with van der Waals surface area (Å²) < 4.78 is 5.51. The molecule has 2 aliphatic rings. The predicted octanol–water partition coefficient (Wildman–Crippen LogP) is 0.718. The monoisotopic (exact) mass is 282 g/mol. The van der Waals surface area contributed by atoms with Crippen LogP contribution in [-0.4, -0.2) is 73.3 Å². The van der Waals surface area contributed by atoms with Gasteiger partial charge in [-0.15, -0.1) is 0 Å². The van der Waals surface area contributed by atoms with E-state index in [0.29, 0.717) is 19.6 Å². The fourth-order valence-corrected chi connectivity index (χ4v) is 3.26. The van der Waals surface area contributed by atoms with Crippen molar-refractivity contribution in [2.24, 2.45) is 0 Å². The minimum atomic E-state index is -0.203. The Labute approximate surface area is 121 Å². The second-order valence-electron chi connectivity index (χ2n) is 6.15. The van der Waals surface area contributed by atoms with Gasteiger partial charge in [-0.25, -0.2) is 0 Å². The molecule has 0 aliphatic carbocycles. The first kappa shape index (κ1) is 15.6. The van der Waals surface area contributed by atoms with E-state index < -0.39 is 0 Å². The summed E-state index contributed by atoms with van der Waals surface area (Å²) in [6.07, 6.45) is 3.75. The maximum absolute atomic E-state index is 12.5. The zero-order chi connectivity index (χ0) is 14.7. The van der Waals surface area contributed by atoms with Gasteiger partial charge in [0.25, 0.3) is 0 Å². The summed E-state index contributed by atoms with van der Waals surface area (Å²) in [6.45, 7) is 3.58. The zero-order valence-electron chi connectivity index (χ0n) is 12.8. The number of hydrogen-bond acceptors (Lipinski definition) is 5. The van der Waals surface area contributed by atoms with Crippen LogP contribution in [0.1, 0.15) is 32.6 Å². The number of nitrogens with zero attached hydrogens (tertiary/aromatic N) is 2. The molecule has 0 N–H and O–H groups in total. The van der Waals surface area contributed by atoms with Crippen LogP contribution >= 0.6 is 0 Å². The van der Waals surface area contributed by atoms with Crippen molar-refractivity contribution in [1.29, 1.82) is 0 Å². The third kappa shape index (κ3) is 3.45. The largest absolute Gasteiger partial charge is 0.378 e. The first-order valence-corrected chi connectivity index (χ1v) is 7.53. The summed E-state index contributed by atoms with van der Waals surface area (Å²) in [5.74, 6) is 0.399. The van der Waals surface area contributed by atoms with Crippen LogP contribution in [0.15, 0.2) is 0 Å². The highest BCUT2D eigenvalue weighted by molar-refractivity contribution is 5.85. The molecule has 114 valence electrons. The van der Waals surface area contributed by atoms with E-state index in [4.69, 9.17) is 4.74 Å². The standard InChI is InChI=1S/C15H26N2O3/c1-11(18)14-10-20-9-12(17(14)3)8-15(19)13-6-4-5-7-16(13)2/h12-14H,4-10H2,1-3H3/t12?,13-,14-/m0/s1. The van der Waals surface area contributed by atoms with E-state index in [1.54, 1.807) is 6.92 Å². The Kier molecular flexibility index (Phi) is 5.29. The van der Waals surface area contributed by atoms with Gasteiger partial charge in [0.05, 0.1) is 25.3 Å². The molecule has 2 aliphatic heterocycles. The van der Waals surface area contributed by atoms with Gasteiger partial charge in [0, 0.05) is 12.5 Å². The number of Topliss-reactive ketones (excluding diaryl/α,β-unsaturated/α-hetero) is 2. The highest BCUT2D eigenvalue weighted by Gasteiger charge is 2.34. The van der Waals surface area contributed by atoms with Gasteiger partial charge in [-0.3, -0.25) is 19.4 Å². The number of rotatable bonds is 4. The van der Waals surface area contributed by atoms with Crippen molar-refractivity contribution in [1.82, 2.24) is 9.80 Å². The number of ether oxygens (including phenoxy) is 1. The third-order valence-electron chi connectivity index (χ3n) is 4.70. The molecule has 1 unspecified atom stereocenters. The zero-order valence-corrected chi connectivity index (χ0v) is 12.8. The van der Waals surface area contributed by atoms with E-state index in [-0.39, 0.29) is 29.7 Å². The molecule has 3 atom stereocenters. The summed E-state index contributed by atoms with van der Waals surface area (Å²) in [4.78, 5) is 28.3. The second kappa shape index (κ2) is 6.78. The number of likely N-dealkylation sites (N-methyl/N-ethyl adjacent to an activating group) is 2. The lowest BCUT2D eigenvalue weighted by Gasteiger charge is -2.39. The van der Waals surface area contributed by atoms with Crippen LogP contribution < -0.4 is 0 Å². The van der Waals surface area contributed by atoms with Crippen molar-refractivity contribution in [3.8, 4) is 0 Å². The molecule has 0 saturated carbocycles. The molecule has 0 amide bonds. The quantitative estimate of drug-likeness (QED) is 0.760. The van der Waals surface area contributed by atoms with Crippen molar-refractivity contribution >= 4 is 11.6 Å². The SMILES string of the molecule is CC(=O)[C@@H]1COCC(CC(=O)[C@@H]2CCCCN2C)N1C. The number of ketones is 2. The van der Waals surface area contributed by atoms with Crippen LogP contribution in [0, 0.1) is 0 Å². The smallest absolute Gasteiger partial charge is 0.151 e. The number of morpholine rings is 1. The van der Waals surface area contributed by atoms with Gasteiger partial charge in [-0.1, -0.05) is 6.42 Å². The Hall–Kier alpha value is -0.780. The van der Waals surface area contributed by atoms with Gasteiger partial charge < -0.3 is 4.74 Å². The van der Waals surface area contributed by atoms with Crippen molar-refractivity contribution in [3.63, 3.8) is 0 Å². The van der Waals surface area contributed by atoms with Gasteiger partial charge >= 0.3 is 0 Å². The highest BCUT2D eigenvalue weighted by atomic mass is 16.5. The molecular weight excluding hydrogens is 256 g/mol. The molecular formula is C15H26N2O3. The Morgan fingerprint density at radius 2 is 1.90 bits per heavy atom. The van der Waals surface area contributed by atoms with Gasteiger partial charge in [0.1, 0.15) is 5.78 Å². The van der Waals surface area contributed by atoms with Crippen molar-refractivity contribution in [2.75, 3.05) is 33.9 Å². The number of carbonyl (C=O) groups excluding carboxylic acids is 2. The molecule has 2 saturated heterocycles. The average Bonchev–Trinajstić information content (AvgIpc) is 2.41. The number of hydrogen-bond donors (Lipinski definition) is 0. The minimum Gasteiger partial charge on any atom is -0.378 e. The summed E-state index contributed by atoms with van der Waals surface area (Å²) in [7, 11) is 3.96. The molecule has 0 radical (unpaired) electrons. The Balaban J connectivity index is 1.94. The molecule has 0 aromatic carbocycles. The predicted molar refractivity (Wildman–Crippen MR) is 76.7 cm³/mol. The maximum Gasteiger partial charge on any atom is 0.151 e. The molecule has 20 heavy (non-hydrogen) atoms. The molecule has 2 fully saturated rings. The molecule has 0 bridgehead atoms. The van der Waals surface area contributed by atoms with Crippen LogP contribution in [0.3, 0.4) is 0 Å². The molecule has 5 nitrogen and oxygen atoms in total. The number of piperidine rings is 1. The van der Waals surface area contributed by atoms with E-state index in [9.17, 15) is 9.59 Å². The maximum atomic E-state index is 12.5. The first-order valence-electron chi connectivity index (χ1n) is 7.53. The van der Waals surface area contributed by atoms with E-state index in [1.165, 1.54) is 6.42 Å². The fraction of sp³-hybridized carbons (Fsp3) is 0.867. The molecule has 0 aromatic heterocycles. The molecule has 0 spiro atoms. The number of carbonyl (C=O) groups is 2. The van der Waals surface area contributed by atoms with Gasteiger partial charge in [-0.2, -0.15) is 0 Å². The minimum absolute atomic E-state index is 0.0282. The Morgan fingerprint density at radius 1 is 1.15 bits per heavy atom. The summed E-state index contributed by atoms with van der Waals surface area (Å²) >= 11 is 0. The van der Waals surface area contributed by atoms with E-state index in [1.807, 2.05) is 19.0 Å². The lowest BCUT2D eigenvalue weighted by atomic mass is 9.94. The van der Waals surface area contributed by atoms with E-state index in [0.717, 1.165) is 19.4 Å². The summed E-state index contributed by atoms with van der Waals surface area (Å²) in [5, 5.41) is 0. The first-order chi connectivity index (χ1) is 9.50. The van der Waals surface area contributed by atoms with Gasteiger partial charge in [-0.05, 0) is 40.4 Å². The topological polar surface area (TPSA) is 49.9 Å². The lowest BCUT2D eigenvalue weighted by Crippen LogP contribution is -2.54. The summed E-state index contributed by atoms with van der Waals surface area (Å²) in [6, 6.07) is -0.124. The van der Waals surface area contributed by atoms with Crippen molar-refractivity contribution in [3.05, 3.63) is 0 Å². The van der Waals surface area contributed by atoms with E-state index >= 15 is 0 Å². The van der Waals surface area contributed by atoms with Crippen LogP contribution in [0.25, 0.3) is 0 Å². The second-order valence-corrected chi connectivity index (χ2v) is 6.15. The van der Waals surface area contributed by atoms with Gasteiger partial charge in [0.2, 0.25) is 0 Å². The molecule has 0 aromatic rings. The van der Waals surface area contributed by atoms with E-state index in [2.05, 4.69) is 4.90 Å². The Morgan fingerprint density at radius 3 is 2.55 bits per heavy atom. The lowest BCUT2D eigenvalue weighted by molar-refractivity contribution is -0.136. The van der Waals surface area contributed by atoms with Crippen molar-refractivity contribution in [2.45, 2.75) is 50.7 Å². The molecule has 5 heteroatoms. The molecule has 2 rings (SSSR count).